The molecule has 2 nitrogen and oxygen atoms in total. The first-order valence-corrected chi connectivity index (χ1v) is 4.02. The summed E-state index contributed by atoms with van der Waals surface area (Å²) in [5.74, 6) is 0.679. The monoisotopic (exact) mass is 141 g/mol. The van der Waals surface area contributed by atoms with E-state index >= 15 is 0 Å². The second-order valence-electron chi connectivity index (χ2n) is 3.04. The van der Waals surface area contributed by atoms with Crippen molar-refractivity contribution in [3.8, 4) is 0 Å². The largest absolute Gasteiger partial charge is 0.381 e. The van der Waals surface area contributed by atoms with Gasteiger partial charge in [0.15, 0.2) is 0 Å². The molecule has 0 aliphatic carbocycles. The molecule has 57 valence electrons. The zero-order valence-corrected chi connectivity index (χ0v) is 6.08. The van der Waals surface area contributed by atoms with Crippen LogP contribution in [-0.4, -0.2) is 19.3 Å². The Morgan fingerprint density at radius 2 is 2.30 bits per heavy atom. The van der Waals surface area contributed by atoms with Gasteiger partial charge in [0.25, 0.3) is 0 Å². The van der Waals surface area contributed by atoms with Crippen molar-refractivity contribution in [2.75, 3.05) is 13.2 Å². The van der Waals surface area contributed by atoms with Crippen molar-refractivity contribution in [2.24, 2.45) is 5.92 Å². The molecule has 0 spiro atoms. The lowest BCUT2D eigenvalue weighted by atomic mass is 9.92. The number of hydrogen-bond acceptors (Lipinski definition) is 2. The van der Waals surface area contributed by atoms with Crippen molar-refractivity contribution in [1.29, 1.82) is 0 Å². The minimum Gasteiger partial charge on any atom is -0.381 e. The molecule has 2 rings (SSSR count). The highest BCUT2D eigenvalue weighted by atomic mass is 16.5. The highest BCUT2D eigenvalue weighted by Gasteiger charge is 2.28. The first kappa shape index (κ1) is 6.62. The van der Waals surface area contributed by atoms with Gasteiger partial charge in [0.2, 0.25) is 0 Å². The van der Waals surface area contributed by atoms with Gasteiger partial charge < -0.3 is 9.47 Å². The van der Waals surface area contributed by atoms with Crippen LogP contribution in [0.25, 0.3) is 0 Å². The topological polar surface area (TPSA) is 18.5 Å². The molecule has 2 heterocycles. The van der Waals surface area contributed by atoms with E-state index in [9.17, 15) is 0 Å². The van der Waals surface area contributed by atoms with E-state index in [4.69, 9.17) is 9.47 Å². The lowest BCUT2D eigenvalue weighted by molar-refractivity contribution is -0.0777. The van der Waals surface area contributed by atoms with Crippen LogP contribution in [0.4, 0.5) is 0 Å². The molecule has 2 fully saturated rings. The fraction of sp³-hybridized carbons (Fsp3) is 0.875. The van der Waals surface area contributed by atoms with Crippen LogP contribution >= 0.6 is 0 Å². The average Bonchev–Trinajstić information content (AvgIpc) is 2.05. The fourth-order valence-electron chi connectivity index (χ4n) is 1.70. The quantitative estimate of drug-likeness (QED) is 0.507. The summed E-state index contributed by atoms with van der Waals surface area (Å²) in [6.07, 6.45) is 3.92. The third-order valence-electron chi connectivity index (χ3n) is 2.33. The van der Waals surface area contributed by atoms with Gasteiger partial charge in [-0.15, -0.1) is 0 Å². The first-order valence-electron chi connectivity index (χ1n) is 4.02. The molecule has 2 atom stereocenters. The van der Waals surface area contributed by atoms with Crippen LogP contribution in [0, 0.1) is 12.5 Å². The fourth-order valence-corrected chi connectivity index (χ4v) is 1.70. The van der Waals surface area contributed by atoms with Gasteiger partial charge in [-0.2, -0.15) is 0 Å². The molecule has 2 heteroatoms. The van der Waals surface area contributed by atoms with E-state index < -0.39 is 0 Å². The highest BCUT2D eigenvalue weighted by molar-refractivity contribution is 4.80. The molecule has 0 N–H and O–H groups in total. The molecule has 0 aromatic heterocycles. The zero-order valence-electron chi connectivity index (χ0n) is 6.08. The third kappa shape index (κ3) is 1.18. The minimum absolute atomic E-state index is 0.475. The maximum absolute atomic E-state index is 5.48. The molecule has 2 saturated heterocycles. The summed E-state index contributed by atoms with van der Waals surface area (Å²) in [6.45, 7) is 3.75. The smallest absolute Gasteiger partial charge is 0.0840 e. The summed E-state index contributed by atoms with van der Waals surface area (Å²) in [4.78, 5) is 0. The van der Waals surface area contributed by atoms with Crippen molar-refractivity contribution in [3.63, 3.8) is 0 Å². The van der Waals surface area contributed by atoms with E-state index in [-0.39, 0.29) is 0 Å². The Labute approximate surface area is 61.5 Å². The van der Waals surface area contributed by atoms with E-state index in [1.807, 2.05) is 6.61 Å². The first-order chi connectivity index (χ1) is 4.97. The molecular formula is C8H13O2. The normalized spacial score (nSPS) is 40.8. The van der Waals surface area contributed by atoms with Gasteiger partial charge in [-0.1, -0.05) is 0 Å². The summed E-state index contributed by atoms with van der Waals surface area (Å²) in [6, 6.07) is 0. The van der Waals surface area contributed by atoms with Gasteiger partial charge in [-0.3, -0.25) is 0 Å². The number of hydrogen-bond donors (Lipinski definition) is 0. The molecule has 2 aliphatic heterocycles. The average molecular weight is 141 g/mol. The number of rotatable bonds is 0. The summed E-state index contributed by atoms with van der Waals surface area (Å²) >= 11 is 0. The molecule has 0 amide bonds. The predicted molar refractivity (Wildman–Crippen MR) is 37.3 cm³/mol. The van der Waals surface area contributed by atoms with Crippen LogP contribution in [0.3, 0.4) is 0 Å². The molecule has 2 unspecified atom stereocenters. The Morgan fingerprint density at radius 3 is 3.20 bits per heavy atom. The lowest BCUT2D eigenvalue weighted by Crippen LogP contribution is -2.36. The Balaban J connectivity index is 1.93. The summed E-state index contributed by atoms with van der Waals surface area (Å²) in [7, 11) is 0. The van der Waals surface area contributed by atoms with Gasteiger partial charge >= 0.3 is 0 Å². The van der Waals surface area contributed by atoms with Crippen LogP contribution < -0.4 is 0 Å². The molecule has 0 aromatic carbocycles. The van der Waals surface area contributed by atoms with Gasteiger partial charge in [0.05, 0.1) is 19.3 Å². The van der Waals surface area contributed by atoms with Gasteiger partial charge in [-0.25, -0.2) is 0 Å². The van der Waals surface area contributed by atoms with Crippen LogP contribution in [-0.2, 0) is 9.47 Å². The third-order valence-corrected chi connectivity index (χ3v) is 2.33. The second kappa shape index (κ2) is 2.89. The zero-order chi connectivity index (χ0) is 6.81. The van der Waals surface area contributed by atoms with Crippen molar-refractivity contribution in [3.05, 3.63) is 6.61 Å². The Morgan fingerprint density at radius 1 is 1.30 bits per heavy atom. The van der Waals surface area contributed by atoms with Crippen LogP contribution in [0.5, 0.6) is 0 Å². The van der Waals surface area contributed by atoms with E-state index in [1.165, 1.54) is 6.42 Å². The number of ether oxygens (including phenoxy) is 2. The SMILES string of the molecule is [CH]1CCC2COCCC2O1. The van der Waals surface area contributed by atoms with Crippen molar-refractivity contribution < 1.29 is 9.47 Å². The Kier molecular flexibility index (Phi) is 1.91. The molecular weight excluding hydrogens is 128 g/mol. The van der Waals surface area contributed by atoms with Gasteiger partial charge in [0, 0.05) is 12.5 Å². The van der Waals surface area contributed by atoms with Gasteiger partial charge in [0.1, 0.15) is 0 Å². The predicted octanol–water partition coefficient (Wildman–Crippen LogP) is 1.36. The summed E-state index contributed by atoms with van der Waals surface area (Å²) < 4.78 is 10.8. The second-order valence-corrected chi connectivity index (χ2v) is 3.04. The maximum atomic E-state index is 5.48. The molecule has 0 saturated carbocycles. The molecule has 2 aliphatic rings. The van der Waals surface area contributed by atoms with Gasteiger partial charge in [-0.05, 0) is 19.3 Å². The lowest BCUT2D eigenvalue weighted by Gasteiger charge is -2.34. The Bertz CT molecular complexity index is 87.8. The standard InChI is InChI=1S/C8H13O2/c1-2-7-6-9-5-3-8(7)10-4-1/h4,7-8H,1-3,5-6H2. The summed E-state index contributed by atoms with van der Waals surface area (Å²) in [5, 5.41) is 0. The van der Waals surface area contributed by atoms with Crippen LogP contribution in [0.15, 0.2) is 0 Å². The van der Waals surface area contributed by atoms with Crippen molar-refractivity contribution >= 4 is 0 Å². The van der Waals surface area contributed by atoms with Crippen LogP contribution in [0.2, 0.25) is 0 Å². The van der Waals surface area contributed by atoms with Crippen molar-refractivity contribution in [2.45, 2.75) is 25.4 Å². The number of fused-ring (bicyclic) bond motifs is 1. The minimum atomic E-state index is 0.475. The maximum Gasteiger partial charge on any atom is 0.0840 e. The van der Waals surface area contributed by atoms with Crippen molar-refractivity contribution in [1.82, 2.24) is 0 Å². The summed E-state index contributed by atoms with van der Waals surface area (Å²) in [5.41, 5.74) is 0. The highest BCUT2D eigenvalue weighted by Crippen LogP contribution is 2.28. The van der Waals surface area contributed by atoms with E-state index in [1.54, 1.807) is 0 Å². The molecule has 1 radical (unpaired) electrons. The molecule has 10 heavy (non-hydrogen) atoms. The Hall–Kier alpha value is -0.0800. The van der Waals surface area contributed by atoms with E-state index in [0.717, 1.165) is 26.1 Å². The van der Waals surface area contributed by atoms with Crippen LogP contribution in [0.1, 0.15) is 19.3 Å². The van der Waals surface area contributed by atoms with E-state index in [2.05, 4.69) is 0 Å². The molecule has 0 bridgehead atoms. The van der Waals surface area contributed by atoms with E-state index in [0.29, 0.717) is 12.0 Å². The molecule has 0 aromatic rings.